The summed E-state index contributed by atoms with van der Waals surface area (Å²) < 4.78 is 45.1. The number of morpholine rings is 1. The number of hydrogen-bond donors (Lipinski definition) is 0. The summed E-state index contributed by atoms with van der Waals surface area (Å²) in [6.07, 6.45) is -2.50. The molecular formula is C21H22F3NOS. The highest BCUT2D eigenvalue weighted by molar-refractivity contribution is 7.99. The summed E-state index contributed by atoms with van der Waals surface area (Å²) >= 11 is 1.57. The van der Waals surface area contributed by atoms with Gasteiger partial charge in [-0.2, -0.15) is 13.2 Å². The molecule has 0 spiro atoms. The van der Waals surface area contributed by atoms with Gasteiger partial charge in [0.05, 0.1) is 18.8 Å². The van der Waals surface area contributed by atoms with E-state index < -0.39 is 11.7 Å². The lowest BCUT2D eigenvalue weighted by molar-refractivity contribution is -0.137. The summed E-state index contributed by atoms with van der Waals surface area (Å²) in [6, 6.07) is 12.3. The van der Waals surface area contributed by atoms with Crippen LogP contribution in [-0.2, 0) is 10.9 Å². The number of halogens is 3. The molecule has 0 aliphatic carbocycles. The Morgan fingerprint density at radius 2 is 1.74 bits per heavy atom. The Bertz CT molecular complexity index is 802. The van der Waals surface area contributed by atoms with E-state index in [1.807, 2.05) is 12.1 Å². The van der Waals surface area contributed by atoms with Crippen LogP contribution in [0.25, 0.3) is 0 Å². The average molecular weight is 393 g/mol. The Balaban J connectivity index is 1.59. The number of alkyl halides is 3. The van der Waals surface area contributed by atoms with Crippen LogP contribution in [0.3, 0.4) is 0 Å². The molecule has 2 heterocycles. The van der Waals surface area contributed by atoms with Crippen LogP contribution in [0, 0.1) is 0 Å². The average Bonchev–Trinajstić information content (AvgIpc) is 2.67. The van der Waals surface area contributed by atoms with Crippen molar-refractivity contribution < 1.29 is 17.9 Å². The van der Waals surface area contributed by atoms with Gasteiger partial charge in [0.25, 0.3) is 0 Å². The van der Waals surface area contributed by atoms with Crippen molar-refractivity contribution in [1.82, 2.24) is 4.90 Å². The van der Waals surface area contributed by atoms with Gasteiger partial charge >= 0.3 is 6.18 Å². The van der Waals surface area contributed by atoms with E-state index in [-0.39, 0.29) is 5.92 Å². The molecule has 0 aromatic heterocycles. The zero-order valence-electron chi connectivity index (χ0n) is 15.0. The van der Waals surface area contributed by atoms with Crippen LogP contribution in [0.15, 0.2) is 52.3 Å². The number of ether oxygens (including phenoxy) is 1. The first-order valence-corrected chi connectivity index (χ1v) is 10.1. The van der Waals surface area contributed by atoms with Gasteiger partial charge in [-0.15, -0.1) is 0 Å². The maximum atomic E-state index is 13.3. The SMILES string of the molecule is FC(F)(F)c1ccc2c(c1)C(CCCN1CCOCC1)c1ccccc1S2. The largest absolute Gasteiger partial charge is 0.416 e. The topological polar surface area (TPSA) is 12.5 Å². The lowest BCUT2D eigenvalue weighted by atomic mass is 9.86. The molecule has 2 nitrogen and oxygen atoms in total. The van der Waals surface area contributed by atoms with Crippen LogP contribution < -0.4 is 0 Å². The molecule has 144 valence electrons. The van der Waals surface area contributed by atoms with Crippen molar-refractivity contribution in [2.45, 2.75) is 34.7 Å². The number of benzene rings is 2. The lowest BCUT2D eigenvalue weighted by Crippen LogP contribution is -2.36. The van der Waals surface area contributed by atoms with Crippen molar-refractivity contribution in [1.29, 1.82) is 0 Å². The monoisotopic (exact) mass is 393 g/mol. The van der Waals surface area contributed by atoms with Gasteiger partial charge in [0, 0.05) is 28.8 Å². The highest BCUT2D eigenvalue weighted by Gasteiger charge is 2.34. The van der Waals surface area contributed by atoms with E-state index >= 15 is 0 Å². The third kappa shape index (κ3) is 4.18. The summed E-state index contributed by atoms with van der Waals surface area (Å²) in [5.74, 6) is 0.0146. The van der Waals surface area contributed by atoms with Crippen LogP contribution in [0.4, 0.5) is 13.2 Å². The Labute approximate surface area is 161 Å². The van der Waals surface area contributed by atoms with Crippen LogP contribution >= 0.6 is 11.8 Å². The first-order valence-electron chi connectivity index (χ1n) is 9.30. The smallest absolute Gasteiger partial charge is 0.379 e. The molecule has 1 saturated heterocycles. The van der Waals surface area contributed by atoms with Crippen molar-refractivity contribution in [2.24, 2.45) is 0 Å². The summed E-state index contributed by atoms with van der Waals surface area (Å²) in [5, 5.41) is 0. The van der Waals surface area contributed by atoms with Gasteiger partial charge in [-0.05, 0) is 54.8 Å². The summed E-state index contributed by atoms with van der Waals surface area (Å²) in [7, 11) is 0. The number of nitrogens with zero attached hydrogens (tertiary/aromatic N) is 1. The number of fused-ring (bicyclic) bond motifs is 2. The van der Waals surface area contributed by atoms with E-state index in [0.717, 1.165) is 66.6 Å². The molecule has 2 aromatic carbocycles. The van der Waals surface area contributed by atoms with Crippen LogP contribution in [-0.4, -0.2) is 37.7 Å². The van der Waals surface area contributed by atoms with Crippen molar-refractivity contribution in [3.05, 3.63) is 59.2 Å². The lowest BCUT2D eigenvalue weighted by Gasteiger charge is -2.30. The minimum Gasteiger partial charge on any atom is -0.379 e. The predicted molar refractivity (Wildman–Crippen MR) is 100 cm³/mol. The molecule has 0 amide bonds. The Kier molecular flexibility index (Phi) is 5.48. The van der Waals surface area contributed by atoms with Crippen LogP contribution in [0.2, 0.25) is 0 Å². The van der Waals surface area contributed by atoms with E-state index in [0.29, 0.717) is 0 Å². The van der Waals surface area contributed by atoms with E-state index in [1.54, 1.807) is 17.8 Å². The normalized spacial score (nSPS) is 20.2. The Hall–Kier alpha value is -1.50. The second kappa shape index (κ2) is 7.86. The summed E-state index contributed by atoms with van der Waals surface area (Å²) in [4.78, 5) is 4.47. The van der Waals surface area contributed by atoms with E-state index in [1.165, 1.54) is 12.1 Å². The van der Waals surface area contributed by atoms with Gasteiger partial charge in [0.15, 0.2) is 0 Å². The summed E-state index contributed by atoms with van der Waals surface area (Å²) in [5.41, 5.74) is 1.41. The number of rotatable bonds is 4. The van der Waals surface area contributed by atoms with Crippen molar-refractivity contribution in [2.75, 3.05) is 32.8 Å². The predicted octanol–water partition coefficient (Wildman–Crippen LogP) is 5.41. The molecule has 4 rings (SSSR count). The number of hydrogen-bond acceptors (Lipinski definition) is 3. The van der Waals surface area contributed by atoms with Gasteiger partial charge in [-0.3, -0.25) is 4.90 Å². The molecular weight excluding hydrogens is 371 g/mol. The zero-order valence-corrected chi connectivity index (χ0v) is 15.8. The molecule has 0 saturated carbocycles. The molecule has 1 fully saturated rings. The molecule has 1 unspecified atom stereocenters. The van der Waals surface area contributed by atoms with Crippen molar-refractivity contribution in [3.8, 4) is 0 Å². The van der Waals surface area contributed by atoms with Gasteiger partial charge in [0.1, 0.15) is 0 Å². The van der Waals surface area contributed by atoms with Gasteiger partial charge in [-0.25, -0.2) is 0 Å². The van der Waals surface area contributed by atoms with E-state index in [4.69, 9.17) is 4.74 Å². The zero-order chi connectivity index (χ0) is 18.9. The minimum atomic E-state index is -4.31. The molecule has 2 aliphatic rings. The second-order valence-corrected chi connectivity index (χ2v) is 8.12. The van der Waals surface area contributed by atoms with Crippen molar-refractivity contribution >= 4 is 11.8 Å². The summed E-state index contributed by atoms with van der Waals surface area (Å²) in [6.45, 7) is 4.36. The highest BCUT2D eigenvalue weighted by atomic mass is 32.2. The fraction of sp³-hybridized carbons (Fsp3) is 0.429. The van der Waals surface area contributed by atoms with Crippen molar-refractivity contribution in [3.63, 3.8) is 0 Å². The molecule has 1 atom stereocenters. The fourth-order valence-corrected chi connectivity index (χ4v) is 5.06. The quantitative estimate of drug-likeness (QED) is 0.689. The fourth-order valence-electron chi connectivity index (χ4n) is 3.89. The third-order valence-electron chi connectivity index (χ3n) is 5.30. The van der Waals surface area contributed by atoms with Crippen LogP contribution in [0.5, 0.6) is 0 Å². The van der Waals surface area contributed by atoms with E-state index in [9.17, 15) is 13.2 Å². The van der Waals surface area contributed by atoms with Gasteiger partial charge in [0.2, 0.25) is 0 Å². The molecule has 0 N–H and O–H groups in total. The molecule has 6 heteroatoms. The van der Waals surface area contributed by atoms with Gasteiger partial charge < -0.3 is 4.74 Å². The third-order valence-corrected chi connectivity index (χ3v) is 6.48. The first-order chi connectivity index (χ1) is 13.0. The second-order valence-electron chi connectivity index (χ2n) is 7.04. The molecule has 2 aliphatic heterocycles. The first kappa shape index (κ1) is 18.8. The highest BCUT2D eigenvalue weighted by Crippen LogP contribution is 2.48. The van der Waals surface area contributed by atoms with Crippen LogP contribution in [0.1, 0.15) is 35.4 Å². The van der Waals surface area contributed by atoms with Gasteiger partial charge in [-0.1, -0.05) is 30.0 Å². The molecule has 0 bridgehead atoms. The molecule has 27 heavy (non-hydrogen) atoms. The Morgan fingerprint density at radius 1 is 1.00 bits per heavy atom. The Morgan fingerprint density at radius 3 is 2.52 bits per heavy atom. The maximum absolute atomic E-state index is 13.3. The maximum Gasteiger partial charge on any atom is 0.416 e. The van der Waals surface area contributed by atoms with E-state index in [2.05, 4.69) is 17.0 Å². The molecule has 0 radical (unpaired) electrons. The standard InChI is InChI=1S/C21H22F3NOS/c22-21(23,24)15-7-8-20-18(14-15)16(17-4-1-2-6-19(17)27-20)5-3-9-25-10-12-26-13-11-25/h1-2,4,6-8,14,16H,3,5,9-13H2. The minimum absolute atomic E-state index is 0.0146. The molecule has 2 aromatic rings.